The molecule has 3 rings (SSSR count). The van der Waals surface area contributed by atoms with Crippen LogP contribution in [-0.2, 0) is 6.61 Å². The number of furan rings is 1. The number of aromatic nitrogens is 1. The van der Waals surface area contributed by atoms with Gasteiger partial charge in [-0.2, -0.15) is 10.2 Å². The van der Waals surface area contributed by atoms with Gasteiger partial charge in [0, 0.05) is 6.04 Å². The molecule has 140 valence electrons. The van der Waals surface area contributed by atoms with E-state index < -0.39 is 0 Å². The minimum absolute atomic E-state index is 0.169. The average molecular weight is 367 g/mol. The second-order valence-electron chi connectivity index (χ2n) is 5.99. The number of benzene rings is 1. The smallest absolute Gasteiger partial charge is 0.266 e. The lowest BCUT2D eigenvalue weighted by molar-refractivity contribution is 0.270. The fourth-order valence-electron chi connectivity index (χ4n) is 2.32. The molecule has 1 atom stereocenters. The molecule has 7 nitrogen and oxygen atoms in total. The number of hydrogen-bond acceptors (Lipinski definition) is 7. The van der Waals surface area contributed by atoms with E-state index in [1.54, 1.807) is 19.2 Å². The summed E-state index contributed by atoms with van der Waals surface area (Å²) in [7, 11) is 1.62. The van der Waals surface area contributed by atoms with E-state index in [0.29, 0.717) is 23.2 Å². The van der Waals surface area contributed by atoms with E-state index in [1.165, 1.54) is 0 Å². The Bertz CT molecular complexity index is 922. The largest absolute Gasteiger partial charge is 0.497 e. The zero-order valence-corrected chi connectivity index (χ0v) is 15.5. The third-order valence-electron chi connectivity index (χ3n) is 4.04. The normalized spacial score (nSPS) is 11.6. The molecule has 0 spiro atoms. The van der Waals surface area contributed by atoms with E-state index in [2.05, 4.69) is 10.3 Å². The number of ether oxygens (including phenoxy) is 2. The van der Waals surface area contributed by atoms with Crippen LogP contribution >= 0.6 is 0 Å². The third kappa shape index (κ3) is 4.42. The van der Waals surface area contributed by atoms with Gasteiger partial charge in [-0.1, -0.05) is 6.92 Å². The molecule has 2 heterocycles. The Morgan fingerprint density at radius 1 is 1.15 bits per heavy atom. The van der Waals surface area contributed by atoms with Gasteiger partial charge in [0.05, 0.1) is 7.11 Å². The number of nitriles is 1. The summed E-state index contributed by atoms with van der Waals surface area (Å²) < 4.78 is 22.2. The maximum Gasteiger partial charge on any atom is 0.266 e. The van der Waals surface area contributed by atoms with Gasteiger partial charge >= 0.3 is 0 Å². The van der Waals surface area contributed by atoms with Crippen LogP contribution in [0.3, 0.4) is 0 Å². The number of methoxy groups -OCH3 is 1. The number of oxazole rings is 1. The van der Waals surface area contributed by atoms with Crippen molar-refractivity contribution < 1.29 is 18.3 Å². The van der Waals surface area contributed by atoms with E-state index in [0.717, 1.165) is 12.2 Å². The van der Waals surface area contributed by atoms with Crippen LogP contribution in [0.5, 0.6) is 11.5 Å². The lowest BCUT2D eigenvalue weighted by Gasteiger charge is -2.08. The summed E-state index contributed by atoms with van der Waals surface area (Å²) in [6, 6.07) is 13.0. The molecule has 0 aliphatic rings. The monoisotopic (exact) mass is 367 g/mol. The molecule has 0 fully saturated rings. The number of rotatable bonds is 8. The Morgan fingerprint density at radius 2 is 1.89 bits per heavy atom. The second-order valence-corrected chi connectivity index (χ2v) is 5.99. The number of hydrogen-bond donors (Lipinski definition) is 1. The van der Waals surface area contributed by atoms with Crippen molar-refractivity contribution in [1.82, 2.24) is 4.98 Å². The van der Waals surface area contributed by atoms with Crippen molar-refractivity contribution >= 4 is 5.88 Å². The van der Waals surface area contributed by atoms with Crippen LogP contribution in [0.4, 0.5) is 5.88 Å². The highest BCUT2D eigenvalue weighted by Crippen LogP contribution is 2.28. The first kappa shape index (κ1) is 18.4. The molecule has 2 aromatic heterocycles. The van der Waals surface area contributed by atoms with Crippen molar-refractivity contribution in [3.63, 3.8) is 0 Å². The minimum Gasteiger partial charge on any atom is -0.497 e. The third-order valence-corrected chi connectivity index (χ3v) is 4.04. The lowest BCUT2D eigenvalue weighted by atomic mass is 10.2. The fourth-order valence-corrected chi connectivity index (χ4v) is 2.32. The topological polar surface area (TPSA) is 93.5 Å². The van der Waals surface area contributed by atoms with Gasteiger partial charge in [-0.05, 0) is 49.7 Å². The molecule has 0 aliphatic heterocycles. The molecule has 0 unspecified atom stereocenters. The highest BCUT2D eigenvalue weighted by atomic mass is 16.5. The Labute approximate surface area is 157 Å². The van der Waals surface area contributed by atoms with Crippen molar-refractivity contribution in [2.75, 3.05) is 12.4 Å². The van der Waals surface area contributed by atoms with E-state index in [1.807, 2.05) is 44.2 Å². The highest BCUT2D eigenvalue weighted by Gasteiger charge is 2.18. The fraction of sp³-hybridized carbons (Fsp3) is 0.300. The highest BCUT2D eigenvalue weighted by molar-refractivity contribution is 5.54. The number of anilines is 1. The molecule has 27 heavy (non-hydrogen) atoms. The maximum absolute atomic E-state index is 9.25. The van der Waals surface area contributed by atoms with E-state index in [-0.39, 0.29) is 24.2 Å². The van der Waals surface area contributed by atoms with Crippen LogP contribution in [0.1, 0.15) is 31.7 Å². The molecule has 7 heteroatoms. The molecule has 1 N–H and O–H groups in total. The zero-order chi connectivity index (χ0) is 19.2. The molecule has 0 amide bonds. The standard InChI is InChI=1S/C20H21N3O4/c1-4-13(2)22-19-17(11-21)23-20(27-19)18-10-9-16(26-18)12-25-15-7-5-14(24-3)6-8-15/h5-10,13,22H,4,12H2,1-3H3/t13-/m1/s1. The van der Waals surface area contributed by atoms with Gasteiger partial charge in [0.15, 0.2) is 5.76 Å². The molecule has 0 radical (unpaired) electrons. The Morgan fingerprint density at radius 3 is 2.56 bits per heavy atom. The predicted octanol–water partition coefficient (Wildman–Crippen LogP) is 4.60. The summed E-state index contributed by atoms with van der Waals surface area (Å²) in [5, 5.41) is 12.4. The van der Waals surface area contributed by atoms with Gasteiger partial charge in [0.2, 0.25) is 11.6 Å². The van der Waals surface area contributed by atoms with Crippen LogP contribution < -0.4 is 14.8 Å². The summed E-state index contributed by atoms with van der Waals surface area (Å²) in [5.74, 6) is 3.15. The maximum atomic E-state index is 9.25. The first-order valence-corrected chi connectivity index (χ1v) is 8.66. The lowest BCUT2D eigenvalue weighted by Crippen LogP contribution is -2.13. The molecule has 0 bridgehead atoms. The van der Waals surface area contributed by atoms with Gasteiger partial charge in [-0.15, -0.1) is 0 Å². The van der Waals surface area contributed by atoms with Crippen molar-refractivity contribution in [3.05, 3.63) is 47.9 Å². The molecular weight excluding hydrogens is 346 g/mol. The molecule has 0 saturated carbocycles. The summed E-state index contributed by atoms with van der Waals surface area (Å²) in [5.41, 5.74) is 0.206. The SMILES string of the molecule is CC[C@@H](C)Nc1oc(-c2ccc(COc3ccc(OC)cc3)o2)nc1C#N. The quantitative estimate of drug-likeness (QED) is 0.621. The van der Waals surface area contributed by atoms with Crippen LogP contribution in [0.2, 0.25) is 0 Å². The molecule has 3 aromatic rings. The molecular formula is C20H21N3O4. The Hall–Kier alpha value is -3.40. The molecule has 1 aromatic carbocycles. The first-order valence-electron chi connectivity index (χ1n) is 8.66. The summed E-state index contributed by atoms with van der Waals surface area (Å²) in [6.07, 6.45) is 0.897. The predicted molar refractivity (Wildman–Crippen MR) is 99.6 cm³/mol. The number of nitrogens with zero attached hydrogens (tertiary/aromatic N) is 2. The first-order chi connectivity index (χ1) is 13.1. The summed E-state index contributed by atoms with van der Waals surface area (Å²) >= 11 is 0. The van der Waals surface area contributed by atoms with Gasteiger partial charge in [-0.25, -0.2) is 0 Å². The van der Waals surface area contributed by atoms with E-state index >= 15 is 0 Å². The van der Waals surface area contributed by atoms with Crippen molar-refractivity contribution in [1.29, 1.82) is 5.26 Å². The minimum atomic E-state index is 0.169. The van der Waals surface area contributed by atoms with Gasteiger partial charge in [0.1, 0.15) is 29.9 Å². The molecule has 0 aliphatic carbocycles. The summed E-state index contributed by atoms with van der Waals surface area (Å²) in [4.78, 5) is 4.20. The zero-order valence-electron chi connectivity index (χ0n) is 15.5. The van der Waals surface area contributed by atoms with Crippen LogP contribution in [0.15, 0.2) is 45.2 Å². The molecule has 0 saturated heterocycles. The van der Waals surface area contributed by atoms with Crippen LogP contribution in [-0.4, -0.2) is 18.1 Å². The Balaban J connectivity index is 1.68. The average Bonchev–Trinajstić information content (AvgIpc) is 3.33. The van der Waals surface area contributed by atoms with Crippen molar-refractivity contribution in [2.45, 2.75) is 32.9 Å². The van der Waals surface area contributed by atoms with E-state index in [9.17, 15) is 5.26 Å². The Kier molecular flexibility index (Phi) is 5.67. The van der Waals surface area contributed by atoms with Crippen molar-refractivity contribution in [3.8, 4) is 29.2 Å². The summed E-state index contributed by atoms with van der Waals surface area (Å²) in [6.45, 7) is 4.31. The van der Waals surface area contributed by atoms with Gasteiger partial charge < -0.3 is 23.6 Å². The van der Waals surface area contributed by atoms with Crippen molar-refractivity contribution in [2.24, 2.45) is 0 Å². The van der Waals surface area contributed by atoms with Crippen LogP contribution in [0.25, 0.3) is 11.7 Å². The van der Waals surface area contributed by atoms with Crippen LogP contribution in [0, 0.1) is 11.3 Å². The van der Waals surface area contributed by atoms with Gasteiger partial charge in [-0.3, -0.25) is 0 Å². The second kappa shape index (κ2) is 8.32. The number of nitrogens with one attached hydrogen (secondary N) is 1. The van der Waals surface area contributed by atoms with Gasteiger partial charge in [0.25, 0.3) is 5.89 Å². The van der Waals surface area contributed by atoms with E-state index in [4.69, 9.17) is 18.3 Å².